The van der Waals surface area contributed by atoms with Crippen molar-refractivity contribution in [2.75, 3.05) is 24.6 Å². The van der Waals surface area contributed by atoms with Crippen LogP contribution >= 0.6 is 43.5 Å². The zero-order valence-corrected chi connectivity index (χ0v) is 20.6. The Kier molecular flexibility index (Phi) is 25.0. The van der Waals surface area contributed by atoms with E-state index < -0.39 is 12.2 Å². The second-order valence-electron chi connectivity index (χ2n) is 3.35. The zero-order valence-electron chi connectivity index (χ0n) is 13.3. The van der Waals surface area contributed by atoms with Gasteiger partial charge in [-0.05, 0) is 0 Å². The molecule has 0 aromatic rings. The summed E-state index contributed by atoms with van der Waals surface area (Å²) in [5.41, 5.74) is 0. The minimum Gasteiger partial charge on any atom is -0.529 e. The van der Waals surface area contributed by atoms with Gasteiger partial charge in [0.1, 0.15) is 12.2 Å². The van der Waals surface area contributed by atoms with E-state index in [9.17, 15) is 19.8 Å². The van der Waals surface area contributed by atoms with Gasteiger partial charge in [0, 0.05) is 46.3 Å². The molecule has 24 heavy (non-hydrogen) atoms. The van der Waals surface area contributed by atoms with Crippen LogP contribution in [-0.4, -0.2) is 45.4 Å². The molecular weight excluding hydrogens is 414 g/mol. The third-order valence-corrected chi connectivity index (χ3v) is 6.48. The topological polar surface area (TPSA) is 134 Å². The number of carbonyl (C=O) groups excluding carboxylic acids is 2. The Morgan fingerprint density at radius 1 is 0.833 bits per heavy atom. The van der Waals surface area contributed by atoms with Gasteiger partial charge in [-0.2, -0.15) is 10.5 Å². The van der Waals surface area contributed by atoms with E-state index in [1.165, 1.54) is 21.6 Å². The van der Waals surface area contributed by atoms with Crippen LogP contribution < -0.4 is 69.3 Å². The Morgan fingerprint density at radius 3 is 1.42 bits per heavy atom. The summed E-state index contributed by atoms with van der Waals surface area (Å²) < 4.78 is 1.77. The Labute approximate surface area is 201 Å². The number of nitriles is 2. The summed E-state index contributed by atoms with van der Waals surface area (Å²) in [5.74, 6) is 0.905. The first kappa shape index (κ1) is 29.7. The van der Waals surface area contributed by atoms with Crippen molar-refractivity contribution >= 4 is 55.7 Å². The molecule has 0 N–H and O–H groups in total. The molecular formula is C10H12N4Na2O4S4. The van der Waals surface area contributed by atoms with Crippen molar-refractivity contribution in [3.05, 3.63) is 0 Å². The largest absolute Gasteiger partial charge is 1.00 e. The molecule has 0 radical (unpaired) electrons. The van der Waals surface area contributed by atoms with E-state index in [1.807, 2.05) is 12.1 Å². The van der Waals surface area contributed by atoms with Crippen LogP contribution in [0.25, 0.3) is 0 Å². The molecule has 0 fully saturated rings. The molecule has 0 heterocycles. The van der Waals surface area contributed by atoms with Gasteiger partial charge in [0.15, 0.2) is 0 Å². The molecule has 0 aromatic carbocycles. The minimum absolute atomic E-state index is 0. The predicted molar refractivity (Wildman–Crippen MR) is 84.8 cm³/mol. The predicted octanol–water partition coefficient (Wildman–Crippen LogP) is -5.29. The molecule has 122 valence electrons. The fraction of sp³-hybridized carbons (Fsp3) is 0.600. The minimum atomic E-state index is -1.44. The standard InChI is InChI=1S/C10H14N4O4S4.2Na/c11-3-1-7-19-21-13(9(15)16)5-6-14(10(17)18)22-20-8-2-4-12;;/h1-2,5-8H2,(H,15,16)(H,17,18);;/q;2*+1/p-2. The molecule has 0 aliphatic heterocycles. The van der Waals surface area contributed by atoms with Crippen LogP contribution in [0, 0.1) is 22.7 Å². The molecule has 0 aromatic heterocycles. The van der Waals surface area contributed by atoms with E-state index in [-0.39, 0.29) is 85.0 Å². The summed E-state index contributed by atoms with van der Waals surface area (Å²) in [6.45, 7) is -0.182. The summed E-state index contributed by atoms with van der Waals surface area (Å²) in [7, 11) is 4.12. The van der Waals surface area contributed by atoms with Crippen LogP contribution in [0.1, 0.15) is 12.8 Å². The van der Waals surface area contributed by atoms with Crippen LogP contribution in [0.4, 0.5) is 9.59 Å². The van der Waals surface area contributed by atoms with Crippen molar-refractivity contribution in [3.8, 4) is 12.1 Å². The number of amides is 2. The average molecular weight is 426 g/mol. The first-order chi connectivity index (χ1) is 10.5. The van der Waals surface area contributed by atoms with Gasteiger partial charge in [0.2, 0.25) is 0 Å². The van der Waals surface area contributed by atoms with Gasteiger partial charge >= 0.3 is 59.1 Å². The maximum Gasteiger partial charge on any atom is 1.00 e. The van der Waals surface area contributed by atoms with Gasteiger partial charge in [-0.15, -0.1) is 0 Å². The summed E-state index contributed by atoms with van der Waals surface area (Å²) >= 11 is 0. The van der Waals surface area contributed by atoms with Gasteiger partial charge in [-0.25, -0.2) is 0 Å². The first-order valence-electron chi connectivity index (χ1n) is 5.83. The van der Waals surface area contributed by atoms with Gasteiger partial charge < -0.3 is 19.8 Å². The third-order valence-electron chi connectivity index (χ3n) is 1.79. The van der Waals surface area contributed by atoms with Gasteiger partial charge in [-0.1, -0.05) is 21.6 Å². The Balaban J connectivity index is -0.00000220. The van der Waals surface area contributed by atoms with Crippen molar-refractivity contribution in [2.45, 2.75) is 12.8 Å². The molecule has 0 bridgehead atoms. The van der Waals surface area contributed by atoms with Crippen LogP contribution in [0.3, 0.4) is 0 Å². The number of hydrogen-bond donors (Lipinski definition) is 0. The molecule has 0 aliphatic carbocycles. The molecule has 0 rings (SSSR count). The molecule has 0 atom stereocenters. The van der Waals surface area contributed by atoms with E-state index >= 15 is 0 Å². The summed E-state index contributed by atoms with van der Waals surface area (Å²) in [6.07, 6.45) is -2.30. The van der Waals surface area contributed by atoms with E-state index in [0.29, 0.717) is 11.5 Å². The smallest absolute Gasteiger partial charge is 0.529 e. The molecule has 8 nitrogen and oxygen atoms in total. The molecule has 0 unspecified atom stereocenters. The van der Waals surface area contributed by atoms with Crippen molar-refractivity contribution in [3.63, 3.8) is 0 Å². The van der Waals surface area contributed by atoms with Crippen molar-refractivity contribution in [1.29, 1.82) is 10.5 Å². The van der Waals surface area contributed by atoms with E-state index in [2.05, 4.69) is 0 Å². The Morgan fingerprint density at radius 2 is 1.17 bits per heavy atom. The Hall–Kier alpha value is 0.920. The number of nitrogens with zero attached hydrogens (tertiary/aromatic N) is 4. The van der Waals surface area contributed by atoms with Crippen LogP contribution in [-0.2, 0) is 0 Å². The van der Waals surface area contributed by atoms with Crippen molar-refractivity contribution in [2.24, 2.45) is 0 Å². The number of carboxylic acid groups (broad SMARTS) is 2. The molecule has 0 saturated carbocycles. The van der Waals surface area contributed by atoms with Crippen molar-refractivity contribution < 1.29 is 78.9 Å². The SMILES string of the molecule is N#CCCSSN(CCN(SSCCC#N)C(=O)[O-])C(=O)[O-].[Na+].[Na+]. The van der Waals surface area contributed by atoms with E-state index in [1.54, 1.807) is 0 Å². The molecule has 14 heteroatoms. The summed E-state index contributed by atoms with van der Waals surface area (Å²) in [4.78, 5) is 21.9. The second kappa shape index (κ2) is 20.2. The van der Waals surface area contributed by atoms with E-state index in [0.717, 1.165) is 30.6 Å². The fourth-order valence-electron chi connectivity index (χ4n) is 0.876. The van der Waals surface area contributed by atoms with Crippen LogP contribution in [0.15, 0.2) is 0 Å². The second-order valence-corrected chi connectivity index (χ2v) is 8.12. The molecule has 0 spiro atoms. The maximum absolute atomic E-state index is 10.9. The van der Waals surface area contributed by atoms with Gasteiger partial charge in [-0.3, -0.25) is 8.61 Å². The number of rotatable bonds is 11. The van der Waals surface area contributed by atoms with E-state index in [4.69, 9.17) is 10.5 Å². The van der Waals surface area contributed by atoms with Gasteiger partial charge in [0.05, 0.1) is 25.2 Å². The maximum atomic E-state index is 10.9. The number of carbonyl (C=O) groups is 2. The Bertz CT molecular complexity index is 410. The molecule has 0 saturated heterocycles. The summed E-state index contributed by atoms with van der Waals surface area (Å²) in [5, 5.41) is 38.6. The normalized spacial score (nSPS) is 8.75. The third kappa shape index (κ3) is 16.4. The van der Waals surface area contributed by atoms with Crippen molar-refractivity contribution in [1.82, 2.24) is 8.61 Å². The number of hydrogen-bond acceptors (Lipinski definition) is 10. The molecule has 0 aliphatic rings. The fourth-order valence-corrected chi connectivity index (χ4v) is 4.59. The van der Waals surface area contributed by atoms with Gasteiger partial charge in [0.25, 0.3) is 0 Å². The average Bonchev–Trinajstić information content (AvgIpc) is 2.47. The first-order valence-corrected chi connectivity index (χ1v) is 10.4. The quantitative estimate of drug-likeness (QED) is 0.136. The monoisotopic (exact) mass is 426 g/mol. The molecule has 2 amide bonds. The van der Waals surface area contributed by atoms with Crippen LogP contribution in [0.5, 0.6) is 0 Å². The zero-order chi connectivity index (χ0) is 16.8. The summed E-state index contributed by atoms with van der Waals surface area (Å²) in [6, 6.07) is 3.86. The van der Waals surface area contributed by atoms with Crippen LogP contribution in [0.2, 0.25) is 0 Å².